The molecule has 8 nitrogen and oxygen atoms in total. The molecular weight excluding hydrogens is 386 g/mol. The van der Waals surface area contributed by atoms with E-state index in [1.54, 1.807) is 34.1 Å². The number of fused-ring (bicyclic) bond motifs is 2. The second-order valence-electron chi connectivity index (χ2n) is 6.81. The van der Waals surface area contributed by atoms with Crippen molar-refractivity contribution < 1.29 is 4.79 Å². The van der Waals surface area contributed by atoms with Gasteiger partial charge in [-0.25, -0.2) is 15.0 Å². The van der Waals surface area contributed by atoms with Gasteiger partial charge in [-0.05, 0) is 36.4 Å². The first kappa shape index (κ1) is 17.6. The molecule has 0 aromatic carbocycles. The molecule has 29 heavy (non-hydrogen) atoms. The van der Waals surface area contributed by atoms with E-state index in [1.165, 1.54) is 4.88 Å². The Kier molecular flexibility index (Phi) is 4.36. The van der Waals surface area contributed by atoms with Crippen LogP contribution in [0.15, 0.2) is 42.0 Å². The maximum Gasteiger partial charge on any atom is 0.250 e. The van der Waals surface area contributed by atoms with Crippen LogP contribution in [0.5, 0.6) is 0 Å². The molecule has 0 radical (unpaired) electrons. The predicted octanol–water partition coefficient (Wildman–Crippen LogP) is 2.92. The van der Waals surface area contributed by atoms with Crippen LogP contribution in [-0.2, 0) is 13.0 Å². The molecule has 0 saturated carbocycles. The fourth-order valence-corrected chi connectivity index (χ4v) is 4.21. The van der Waals surface area contributed by atoms with Gasteiger partial charge in [0.25, 0.3) is 5.91 Å². The van der Waals surface area contributed by atoms with Crippen LogP contribution in [0, 0.1) is 0 Å². The van der Waals surface area contributed by atoms with Crippen LogP contribution in [0.1, 0.15) is 27.2 Å². The Labute approximate surface area is 170 Å². The number of primary amides is 1. The average Bonchev–Trinajstić information content (AvgIpc) is 3.41. The summed E-state index contributed by atoms with van der Waals surface area (Å²) in [4.78, 5) is 27.0. The van der Waals surface area contributed by atoms with Gasteiger partial charge in [0.15, 0.2) is 11.6 Å². The minimum Gasteiger partial charge on any atom is -0.370 e. The summed E-state index contributed by atoms with van der Waals surface area (Å²) >= 11 is 1.71. The number of hydrogen-bond acceptors (Lipinski definition) is 7. The van der Waals surface area contributed by atoms with E-state index in [2.05, 4.69) is 27.1 Å². The summed E-state index contributed by atoms with van der Waals surface area (Å²) in [7, 11) is 0. The highest BCUT2D eigenvalue weighted by atomic mass is 32.1. The largest absolute Gasteiger partial charge is 0.370 e. The molecule has 1 aliphatic rings. The lowest BCUT2D eigenvalue weighted by Crippen LogP contribution is -2.18. The normalized spacial score (nSPS) is 13.1. The maximum atomic E-state index is 11.7. The highest BCUT2D eigenvalue weighted by Gasteiger charge is 2.21. The number of nitrogens with two attached hydrogens (primary N) is 1. The highest BCUT2D eigenvalue weighted by Crippen LogP contribution is 2.30. The summed E-state index contributed by atoms with van der Waals surface area (Å²) < 4.78 is 1.80. The van der Waals surface area contributed by atoms with E-state index in [-0.39, 0.29) is 0 Å². The zero-order valence-electron chi connectivity index (χ0n) is 15.6. The van der Waals surface area contributed by atoms with Crippen LogP contribution in [0.25, 0.3) is 17.2 Å². The molecule has 4 aromatic rings. The fraction of sp³-hybridized carbons (Fsp3) is 0.200. The summed E-state index contributed by atoms with van der Waals surface area (Å²) in [6.07, 6.45) is 5.42. The van der Waals surface area contributed by atoms with Crippen LogP contribution in [-0.4, -0.2) is 31.8 Å². The minimum absolute atomic E-state index is 0.415. The molecule has 5 heterocycles. The number of nitrogens with one attached hydrogen (secondary N) is 2. The summed E-state index contributed by atoms with van der Waals surface area (Å²) in [6, 6.07) is 7.59. The van der Waals surface area contributed by atoms with Crippen molar-refractivity contribution in [1.29, 1.82) is 0 Å². The van der Waals surface area contributed by atoms with Crippen LogP contribution < -0.4 is 16.4 Å². The van der Waals surface area contributed by atoms with E-state index in [0.717, 1.165) is 36.6 Å². The van der Waals surface area contributed by atoms with Crippen molar-refractivity contribution in [2.75, 3.05) is 17.2 Å². The third-order valence-corrected chi connectivity index (χ3v) is 5.83. The molecule has 5 rings (SSSR count). The first-order chi connectivity index (χ1) is 14.2. The SMILES string of the molecule is NC(=O)c1cccn2c(-c3nc4c(c(NCc5cccs5)n3)CCCN4)ncc12. The second kappa shape index (κ2) is 7.17. The van der Waals surface area contributed by atoms with E-state index in [9.17, 15) is 4.79 Å². The number of thiophene rings is 1. The standard InChI is InChI=1S/C20H19N7OS/c21-16(28)13-6-2-8-27-15(13)11-24-20(27)19-25-17-14(5-1-7-22-17)18(26-19)23-10-12-4-3-9-29-12/h2-4,6,8-9,11H,1,5,7,10H2,(H2,21,28)(H2,22,23,25,26). The molecule has 4 N–H and O–H groups in total. The van der Waals surface area contributed by atoms with Gasteiger partial charge in [0.2, 0.25) is 0 Å². The number of nitrogens with zero attached hydrogens (tertiary/aromatic N) is 4. The van der Waals surface area contributed by atoms with Crippen LogP contribution in [0.2, 0.25) is 0 Å². The Balaban J connectivity index is 1.60. The lowest BCUT2D eigenvalue weighted by atomic mass is 10.1. The molecule has 1 aliphatic heterocycles. The molecule has 0 aliphatic carbocycles. The van der Waals surface area contributed by atoms with E-state index >= 15 is 0 Å². The zero-order valence-corrected chi connectivity index (χ0v) is 16.4. The smallest absolute Gasteiger partial charge is 0.250 e. The van der Waals surface area contributed by atoms with Gasteiger partial charge in [-0.2, -0.15) is 0 Å². The van der Waals surface area contributed by atoms with Gasteiger partial charge in [0.1, 0.15) is 11.6 Å². The van der Waals surface area contributed by atoms with Gasteiger partial charge in [-0.15, -0.1) is 11.3 Å². The van der Waals surface area contributed by atoms with Gasteiger partial charge in [-0.3, -0.25) is 9.20 Å². The topological polar surface area (TPSA) is 110 Å². The molecule has 0 saturated heterocycles. The van der Waals surface area contributed by atoms with E-state index in [0.29, 0.717) is 29.3 Å². The number of rotatable bonds is 5. The van der Waals surface area contributed by atoms with Crippen molar-refractivity contribution in [3.8, 4) is 11.6 Å². The van der Waals surface area contributed by atoms with Crippen molar-refractivity contribution in [2.45, 2.75) is 19.4 Å². The van der Waals surface area contributed by atoms with Gasteiger partial charge >= 0.3 is 0 Å². The summed E-state index contributed by atoms with van der Waals surface area (Å²) in [5, 5.41) is 8.90. The fourth-order valence-electron chi connectivity index (χ4n) is 3.56. The zero-order chi connectivity index (χ0) is 19.8. The molecular formula is C20H19N7OS. The molecule has 1 amide bonds. The third kappa shape index (κ3) is 3.19. The van der Waals surface area contributed by atoms with Crippen molar-refractivity contribution >= 4 is 34.4 Å². The van der Waals surface area contributed by atoms with Crippen molar-refractivity contribution in [3.05, 3.63) is 58.0 Å². The summed E-state index contributed by atoms with van der Waals surface area (Å²) in [6.45, 7) is 1.58. The highest BCUT2D eigenvalue weighted by molar-refractivity contribution is 7.09. The minimum atomic E-state index is -0.492. The molecule has 146 valence electrons. The first-order valence-electron chi connectivity index (χ1n) is 9.38. The monoisotopic (exact) mass is 405 g/mol. The molecule has 0 bridgehead atoms. The first-order valence-corrected chi connectivity index (χ1v) is 10.3. The number of amides is 1. The molecule has 4 aromatic heterocycles. The Morgan fingerprint density at radius 1 is 1.31 bits per heavy atom. The number of pyridine rings is 1. The van der Waals surface area contributed by atoms with Crippen LogP contribution >= 0.6 is 11.3 Å². The van der Waals surface area contributed by atoms with E-state index in [4.69, 9.17) is 15.7 Å². The Morgan fingerprint density at radius 3 is 3.07 bits per heavy atom. The number of imidazole rings is 1. The summed E-state index contributed by atoms with van der Waals surface area (Å²) in [5.41, 5.74) is 7.64. The lowest BCUT2D eigenvalue weighted by molar-refractivity contribution is 0.100. The number of aromatic nitrogens is 4. The van der Waals surface area contributed by atoms with Gasteiger partial charge in [0.05, 0.1) is 23.8 Å². The Bertz CT molecular complexity index is 1200. The number of hydrogen-bond donors (Lipinski definition) is 3. The second-order valence-corrected chi connectivity index (χ2v) is 7.84. The molecule has 9 heteroatoms. The summed E-state index contributed by atoms with van der Waals surface area (Å²) in [5.74, 6) is 2.21. The average molecular weight is 405 g/mol. The Morgan fingerprint density at radius 2 is 2.24 bits per heavy atom. The van der Waals surface area contributed by atoms with E-state index in [1.807, 2.05) is 12.3 Å². The van der Waals surface area contributed by atoms with Crippen molar-refractivity contribution in [3.63, 3.8) is 0 Å². The van der Waals surface area contributed by atoms with Crippen LogP contribution in [0.4, 0.5) is 11.6 Å². The number of carbonyl (C=O) groups excluding carboxylic acids is 1. The molecule has 0 fully saturated rings. The predicted molar refractivity (Wildman–Crippen MR) is 113 cm³/mol. The maximum absolute atomic E-state index is 11.7. The lowest BCUT2D eigenvalue weighted by Gasteiger charge is -2.20. The van der Waals surface area contributed by atoms with Gasteiger partial charge in [-0.1, -0.05) is 6.07 Å². The molecule has 0 atom stereocenters. The number of carbonyl (C=O) groups is 1. The molecule has 0 spiro atoms. The van der Waals surface area contributed by atoms with Crippen LogP contribution in [0.3, 0.4) is 0 Å². The Hall–Kier alpha value is -3.46. The van der Waals surface area contributed by atoms with Crippen molar-refractivity contribution in [2.24, 2.45) is 5.73 Å². The number of anilines is 2. The molecule has 0 unspecified atom stereocenters. The van der Waals surface area contributed by atoms with Gasteiger partial charge in [0, 0.05) is 23.2 Å². The quantitative estimate of drug-likeness (QED) is 0.471. The van der Waals surface area contributed by atoms with Crippen molar-refractivity contribution in [1.82, 2.24) is 19.4 Å². The van der Waals surface area contributed by atoms with Gasteiger partial charge < -0.3 is 16.4 Å². The van der Waals surface area contributed by atoms with E-state index < -0.39 is 5.91 Å². The third-order valence-electron chi connectivity index (χ3n) is 4.95.